The van der Waals surface area contributed by atoms with Crippen molar-refractivity contribution in [2.45, 2.75) is 0 Å². The van der Waals surface area contributed by atoms with Crippen molar-refractivity contribution in [1.29, 1.82) is 5.53 Å². The zero-order valence-corrected chi connectivity index (χ0v) is 14.4. The lowest BCUT2D eigenvalue weighted by atomic mass is 10.1. The molecule has 132 valence electrons. The van der Waals surface area contributed by atoms with E-state index in [9.17, 15) is 9.18 Å². The van der Waals surface area contributed by atoms with E-state index < -0.39 is 11.4 Å². The molecule has 0 unspecified atom stereocenters. The fourth-order valence-electron chi connectivity index (χ4n) is 2.55. The molecular weight excluding hydrogens is 333 g/mol. The molecule has 0 spiro atoms. The van der Waals surface area contributed by atoms with E-state index in [0.29, 0.717) is 10.9 Å². The number of anilines is 2. The first kappa shape index (κ1) is 17.3. The molecule has 6 nitrogen and oxygen atoms in total. The molecule has 0 saturated heterocycles. The first-order chi connectivity index (χ1) is 12.5. The van der Waals surface area contributed by atoms with Gasteiger partial charge in [0.25, 0.3) is 5.56 Å². The Kier molecular flexibility index (Phi) is 4.79. The van der Waals surface area contributed by atoms with Gasteiger partial charge in [0.1, 0.15) is 11.5 Å². The summed E-state index contributed by atoms with van der Waals surface area (Å²) in [5.41, 5.74) is 9.70. The number of pyridine rings is 1. The van der Waals surface area contributed by atoms with Crippen molar-refractivity contribution < 1.29 is 4.39 Å². The molecule has 0 aliphatic heterocycles. The second kappa shape index (κ2) is 7.18. The van der Waals surface area contributed by atoms with Crippen molar-refractivity contribution in [1.82, 2.24) is 4.98 Å². The number of benzene rings is 2. The minimum absolute atomic E-state index is 0.147. The van der Waals surface area contributed by atoms with Gasteiger partial charge in [-0.1, -0.05) is 0 Å². The van der Waals surface area contributed by atoms with Gasteiger partial charge < -0.3 is 15.2 Å². The van der Waals surface area contributed by atoms with E-state index in [-0.39, 0.29) is 11.3 Å². The molecule has 0 fully saturated rings. The molecular formula is C19H18FN5O. The second-order valence-corrected chi connectivity index (χ2v) is 5.97. The van der Waals surface area contributed by atoms with Crippen molar-refractivity contribution in [3.63, 3.8) is 0 Å². The van der Waals surface area contributed by atoms with Crippen LogP contribution in [0.25, 0.3) is 16.6 Å². The van der Waals surface area contributed by atoms with Crippen LogP contribution < -0.4 is 15.8 Å². The predicted molar refractivity (Wildman–Crippen MR) is 102 cm³/mol. The lowest BCUT2D eigenvalue weighted by Crippen LogP contribution is -2.11. The second-order valence-electron chi connectivity index (χ2n) is 5.97. The van der Waals surface area contributed by atoms with Crippen LogP contribution >= 0.6 is 0 Å². The topological polar surface area (TPSA) is 84.3 Å². The average molecular weight is 351 g/mol. The third kappa shape index (κ3) is 3.61. The molecule has 3 aromatic rings. The van der Waals surface area contributed by atoms with Gasteiger partial charge in [-0.25, -0.2) is 9.92 Å². The summed E-state index contributed by atoms with van der Waals surface area (Å²) < 4.78 is 13.4. The SMILES string of the molecule is CN(C)c1ccc(N/C=C(\N=N)c2cc3cc(F)ccc3[nH]c2=O)cc1. The van der Waals surface area contributed by atoms with Crippen LogP contribution in [0.5, 0.6) is 0 Å². The van der Waals surface area contributed by atoms with Crippen molar-refractivity contribution in [2.24, 2.45) is 5.11 Å². The summed E-state index contributed by atoms with van der Waals surface area (Å²) in [5, 5.41) is 6.99. The molecule has 3 rings (SSSR count). The summed E-state index contributed by atoms with van der Waals surface area (Å²) >= 11 is 0. The Morgan fingerprint density at radius 2 is 1.92 bits per heavy atom. The van der Waals surface area contributed by atoms with Gasteiger partial charge in [-0.3, -0.25) is 4.79 Å². The Morgan fingerprint density at radius 1 is 1.19 bits per heavy atom. The first-order valence-electron chi connectivity index (χ1n) is 7.92. The highest BCUT2D eigenvalue weighted by Crippen LogP contribution is 2.20. The molecule has 0 saturated carbocycles. The van der Waals surface area contributed by atoms with E-state index in [1.54, 1.807) is 0 Å². The summed E-state index contributed by atoms with van der Waals surface area (Å²) in [6.45, 7) is 0. The summed E-state index contributed by atoms with van der Waals surface area (Å²) in [5.74, 6) is -0.400. The summed E-state index contributed by atoms with van der Waals surface area (Å²) in [4.78, 5) is 16.9. The quantitative estimate of drug-likeness (QED) is 0.603. The van der Waals surface area contributed by atoms with E-state index in [1.807, 2.05) is 43.3 Å². The van der Waals surface area contributed by atoms with Crippen LogP contribution in [-0.4, -0.2) is 19.1 Å². The minimum Gasteiger partial charge on any atom is -0.378 e. The molecule has 0 bridgehead atoms. The molecule has 2 aromatic carbocycles. The highest BCUT2D eigenvalue weighted by Gasteiger charge is 2.09. The Labute approximate surface area is 149 Å². The van der Waals surface area contributed by atoms with E-state index >= 15 is 0 Å². The van der Waals surface area contributed by atoms with E-state index in [1.165, 1.54) is 30.5 Å². The van der Waals surface area contributed by atoms with Gasteiger partial charge in [0, 0.05) is 42.6 Å². The number of rotatable bonds is 5. The molecule has 0 radical (unpaired) electrons. The zero-order valence-electron chi connectivity index (χ0n) is 14.4. The van der Waals surface area contributed by atoms with Gasteiger partial charge in [-0.15, -0.1) is 0 Å². The van der Waals surface area contributed by atoms with Crippen LogP contribution in [0.3, 0.4) is 0 Å². The van der Waals surface area contributed by atoms with Crippen LogP contribution in [0.2, 0.25) is 0 Å². The van der Waals surface area contributed by atoms with Crippen molar-refractivity contribution in [3.8, 4) is 0 Å². The number of hydrogen-bond donors (Lipinski definition) is 3. The smallest absolute Gasteiger partial charge is 0.258 e. The maximum Gasteiger partial charge on any atom is 0.258 e. The van der Waals surface area contributed by atoms with E-state index in [0.717, 1.165) is 11.4 Å². The molecule has 0 atom stereocenters. The van der Waals surface area contributed by atoms with Crippen LogP contribution in [0, 0.1) is 11.3 Å². The van der Waals surface area contributed by atoms with Gasteiger partial charge >= 0.3 is 0 Å². The summed E-state index contributed by atoms with van der Waals surface area (Å²) in [7, 11) is 3.91. The number of fused-ring (bicyclic) bond motifs is 1. The zero-order chi connectivity index (χ0) is 18.7. The number of nitrogens with one attached hydrogen (secondary N) is 3. The lowest BCUT2D eigenvalue weighted by Gasteiger charge is -2.12. The van der Waals surface area contributed by atoms with Gasteiger partial charge in [0.2, 0.25) is 0 Å². The van der Waals surface area contributed by atoms with Crippen LogP contribution in [0.4, 0.5) is 15.8 Å². The Balaban J connectivity index is 1.93. The molecule has 0 aliphatic rings. The third-order valence-electron chi connectivity index (χ3n) is 3.96. The Hall–Kier alpha value is -3.48. The molecule has 3 N–H and O–H groups in total. The van der Waals surface area contributed by atoms with E-state index in [2.05, 4.69) is 15.4 Å². The fourth-order valence-corrected chi connectivity index (χ4v) is 2.55. The Bertz CT molecular complexity index is 1040. The molecule has 1 heterocycles. The van der Waals surface area contributed by atoms with Crippen molar-refractivity contribution in [3.05, 3.63) is 76.5 Å². The van der Waals surface area contributed by atoms with Gasteiger partial charge in [0.05, 0.1) is 5.56 Å². The summed E-state index contributed by atoms with van der Waals surface area (Å²) in [6.07, 6.45) is 1.48. The standard InChI is InChI=1S/C19H18FN5O/c1-25(2)15-6-4-14(5-7-15)22-11-18(24-21)16-10-12-9-13(20)3-8-17(12)23-19(16)26/h3-11,21-22H,1-2H3,(H,23,26)/b18-11-,24-21?. The predicted octanol–water partition coefficient (Wildman–Crippen LogP) is 4.17. The number of nitrogens with zero attached hydrogens (tertiary/aromatic N) is 2. The normalized spacial score (nSPS) is 11.4. The minimum atomic E-state index is -0.400. The molecule has 7 heteroatoms. The molecule has 1 aromatic heterocycles. The number of aromatic nitrogens is 1. The van der Waals surface area contributed by atoms with E-state index in [4.69, 9.17) is 5.53 Å². The summed E-state index contributed by atoms with van der Waals surface area (Å²) in [6, 6.07) is 13.3. The Morgan fingerprint density at radius 3 is 2.58 bits per heavy atom. The van der Waals surface area contributed by atoms with Gasteiger partial charge in [0.15, 0.2) is 0 Å². The first-order valence-corrected chi connectivity index (χ1v) is 7.92. The average Bonchev–Trinajstić information content (AvgIpc) is 2.63. The third-order valence-corrected chi connectivity index (χ3v) is 3.96. The van der Waals surface area contributed by atoms with Gasteiger partial charge in [-0.05, 0) is 48.5 Å². The van der Waals surface area contributed by atoms with Crippen molar-refractivity contribution >= 4 is 28.0 Å². The number of hydrogen-bond acceptors (Lipinski definition) is 5. The number of halogens is 1. The number of H-pyrrole nitrogens is 1. The van der Waals surface area contributed by atoms with Crippen LogP contribution in [0.1, 0.15) is 5.56 Å². The lowest BCUT2D eigenvalue weighted by molar-refractivity contribution is 0.629. The highest BCUT2D eigenvalue weighted by atomic mass is 19.1. The monoisotopic (exact) mass is 351 g/mol. The van der Waals surface area contributed by atoms with Crippen LogP contribution in [-0.2, 0) is 0 Å². The van der Waals surface area contributed by atoms with Gasteiger partial charge in [-0.2, -0.15) is 5.11 Å². The maximum absolute atomic E-state index is 13.4. The largest absolute Gasteiger partial charge is 0.378 e. The molecule has 26 heavy (non-hydrogen) atoms. The fraction of sp³-hybridized carbons (Fsp3) is 0.105. The molecule has 0 aliphatic carbocycles. The number of aromatic amines is 1. The van der Waals surface area contributed by atoms with Crippen LogP contribution in [0.15, 0.2) is 64.6 Å². The highest BCUT2D eigenvalue weighted by molar-refractivity contribution is 5.82. The van der Waals surface area contributed by atoms with Crippen molar-refractivity contribution in [2.75, 3.05) is 24.3 Å². The molecule has 0 amide bonds. The maximum atomic E-state index is 13.4.